The Morgan fingerprint density at radius 2 is 0.788 bits per heavy atom. The van der Waals surface area contributed by atoms with E-state index in [0.717, 1.165) is 135 Å². The number of hydrogen-bond acceptors (Lipinski definition) is 10. The molecule has 6 aromatic carbocycles. The molecule has 2 N–H and O–H groups in total. The van der Waals surface area contributed by atoms with Crippen LogP contribution in [-0.4, -0.2) is 46.9 Å². The summed E-state index contributed by atoms with van der Waals surface area (Å²) in [6, 6.07) is 50.8. The summed E-state index contributed by atoms with van der Waals surface area (Å²) >= 11 is 0. The average molecular weight is 1550 g/mol. The fourth-order valence-electron chi connectivity index (χ4n) is 19.2. The zero-order valence-corrected chi connectivity index (χ0v) is 73.5. The lowest BCUT2D eigenvalue weighted by molar-refractivity contribution is -0.176. The minimum atomic E-state index is -0.460. The molecular weight excluding hydrogens is 1400 g/mol. The molecule has 0 heterocycles. The van der Waals surface area contributed by atoms with Crippen LogP contribution in [0, 0.1) is 70.0 Å². The van der Waals surface area contributed by atoms with Gasteiger partial charge in [-0.15, -0.1) is 0 Å². The summed E-state index contributed by atoms with van der Waals surface area (Å²) in [6.07, 6.45) is 29.4. The molecule has 14 rings (SSSR count). The first-order valence-corrected chi connectivity index (χ1v) is 45.0. The van der Waals surface area contributed by atoms with E-state index in [1.807, 2.05) is 90.1 Å². The van der Waals surface area contributed by atoms with E-state index < -0.39 is 22.0 Å². The standard InChI is InChI=1S/2C24H36O2.C18H26O2.C17H24O2.2C10H14O/c2*1-5-16(4)17-9-11-19(12-10-17)25-24(15(2)3)26-23-14-18-13-22(23)21-8-6-7-20(18)21;1-4-17(2,3)16(19)20-18(13-9-6-10-14-18)15-11-7-5-8-12-15;1-5-16(2,3)15(18)19-17(4)12-8-10-13-9-6-7-11-14(13)17;2*1-3-8(2)9-4-6-10(11)7-5-9/h2*9-12,15-16,18,20-24H,5-8,13-14H2,1-4H3;5,7-8,11-12H,4,6,9-10,13-14H2,1-3H3;6-7,9,11H,5,8,10,12H2,1-4H3;2*4-8,11H,3H2,1-2H3. The first-order chi connectivity index (χ1) is 54.0. The van der Waals surface area contributed by atoms with Crippen LogP contribution in [0.4, 0.5) is 0 Å². The van der Waals surface area contributed by atoms with E-state index in [2.05, 4.69) is 169 Å². The summed E-state index contributed by atoms with van der Waals surface area (Å²) in [5, 5.41) is 18.0. The van der Waals surface area contributed by atoms with Crippen molar-refractivity contribution in [2.75, 3.05) is 0 Å². The van der Waals surface area contributed by atoms with E-state index in [1.54, 1.807) is 24.3 Å². The zero-order valence-electron chi connectivity index (χ0n) is 73.5. The summed E-state index contributed by atoms with van der Waals surface area (Å²) in [4.78, 5) is 24.9. The molecule has 622 valence electrons. The summed E-state index contributed by atoms with van der Waals surface area (Å²) in [5.41, 5.74) is 7.36. The lowest BCUT2D eigenvalue weighted by atomic mass is 9.79. The molecule has 0 saturated heterocycles. The predicted molar refractivity (Wildman–Crippen MR) is 465 cm³/mol. The maximum Gasteiger partial charge on any atom is 0.312 e. The highest BCUT2D eigenvalue weighted by Gasteiger charge is 2.56. The number of aromatic hydroxyl groups is 2. The summed E-state index contributed by atoms with van der Waals surface area (Å²) in [7, 11) is 0. The highest BCUT2D eigenvalue weighted by Crippen LogP contribution is 2.61. The van der Waals surface area contributed by atoms with Crippen LogP contribution in [0.5, 0.6) is 23.0 Å². The second kappa shape index (κ2) is 42.0. The molecule has 8 aliphatic carbocycles. The lowest BCUT2D eigenvalue weighted by Crippen LogP contribution is -2.39. The molecule has 113 heavy (non-hydrogen) atoms. The first kappa shape index (κ1) is 90.3. The molecule has 0 aliphatic heterocycles. The maximum atomic E-state index is 12.5. The number of carbonyl (C=O) groups is 2. The van der Waals surface area contributed by atoms with Crippen molar-refractivity contribution >= 4 is 11.9 Å². The zero-order chi connectivity index (χ0) is 81.8. The molecule has 7 saturated carbocycles. The van der Waals surface area contributed by atoms with Crippen LogP contribution in [0.25, 0.3) is 0 Å². The Balaban J connectivity index is 0.000000160. The topological polar surface area (TPSA) is 130 Å². The highest BCUT2D eigenvalue weighted by molar-refractivity contribution is 5.77. The van der Waals surface area contributed by atoms with E-state index in [9.17, 15) is 9.59 Å². The highest BCUT2D eigenvalue weighted by atomic mass is 16.7. The van der Waals surface area contributed by atoms with E-state index in [-0.39, 0.29) is 24.5 Å². The molecule has 6 aromatic rings. The van der Waals surface area contributed by atoms with Crippen molar-refractivity contribution in [3.8, 4) is 23.0 Å². The summed E-state index contributed by atoms with van der Waals surface area (Å²) in [5.74, 6) is 12.9. The molecule has 17 atom stereocenters. The Labute approximate surface area is 685 Å². The molecule has 10 nitrogen and oxygen atoms in total. The summed E-state index contributed by atoms with van der Waals surface area (Å²) < 4.78 is 37.8. The van der Waals surface area contributed by atoms with Gasteiger partial charge in [0.2, 0.25) is 12.6 Å². The number of carbonyl (C=O) groups excluding carboxylic acids is 2. The van der Waals surface area contributed by atoms with E-state index in [1.165, 1.54) is 117 Å². The number of esters is 2. The molecule has 7 fully saturated rings. The number of aryl methyl sites for hydroxylation is 1. The third-order valence-electron chi connectivity index (χ3n) is 28.3. The largest absolute Gasteiger partial charge is 0.508 e. The summed E-state index contributed by atoms with van der Waals surface area (Å²) in [6.45, 7) is 40.5. The molecule has 0 aromatic heterocycles. The Morgan fingerprint density at radius 3 is 1.18 bits per heavy atom. The van der Waals surface area contributed by atoms with Gasteiger partial charge in [0.25, 0.3) is 0 Å². The fraction of sp³-hybridized carbons (Fsp3) is 0.631. The number of ether oxygens (including phenoxy) is 6. The SMILES string of the molecule is CCC(C)(C)C(=O)OC1(C)CCCc2ccccc21.CCC(C)(C)C(=O)OC1(c2ccccc2)CCCCC1.CCC(C)c1ccc(O)cc1.CCC(C)c1ccc(O)cc1.CCC(C)c1ccc(OC(OC2CC3CC2C2CCCC32)C(C)C)cc1.CCC(C)c1ccc(OC(OC2CC3CC2C2CCCC32)C(C)C)cc1. The van der Waals surface area contributed by atoms with E-state index >= 15 is 0 Å². The maximum absolute atomic E-state index is 12.5. The van der Waals surface area contributed by atoms with Crippen LogP contribution < -0.4 is 9.47 Å². The molecule has 10 heteroatoms. The van der Waals surface area contributed by atoms with Gasteiger partial charge in [-0.25, -0.2) is 0 Å². The fourth-order valence-corrected chi connectivity index (χ4v) is 19.2. The lowest BCUT2D eigenvalue weighted by Gasteiger charge is -2.39. The molecule has 8 aliphatic rings. The van der Waals surface area contributed by atoms with Gasteiger partial charge < -0.3 is 38.6 Å². The minimum absolute atomic E-state index is 0.0641. The van der Waals surface area contributed by atoms with Gasteiger partial charge in [0.15, 0.2) is 0 Å². The second-order valence-electron chi connectivity index (χ2n) is 37.6. The average Bonchev–Trinajstić information content (AvgIpc) is 1.59. The quantitative estimate of drug-likeness (QED) is 0.0422. The third-order valence-corrected chi connectivity index (χ3v) is 28.3. The van der Waals surface area contributed by atoms with Gasteiger partial charge in [0.05, 0.1) is 23.0 Å². The van der Waals surface area contributed by atoms with Crippen molar-refractivity contribution in [2.24, 2.45) is 70.0 Å². The van der Waals surface area contributed by atoms with Crippen LogP contribution in [0.3, 0.4) is 0 Å². The van der Waals surface area contributed by atoms with Gasteiger partial charge in [-0.2, -0.15) is 0 Å². The Morgan fingerprint density at radius 1 is 0.416 bits per heavy atom. The Kier molecular flexibility index (Phi) is 33.5. The van der Waals surface area contributed by atoms with Gasteiger partial charge in [-0.3, -0.25) is 9.59 Å². The monoisotopic (exact) mass is 1550 g/mol. The van der Waals surface area contributed by atoms with Crippen LogP contribution in [0.1, 0.15) is 342 Å². The molecular formula is C103H150O10. The number of phenols is 2. The van der Waals surface area contributed by atoms with Crippen LogP contribution in [0.15, 0.2) is 152 Å². The molecule has 0 radical (unpaired) electrons. The number of benzene rings is 6. The first-order valence-electron chi connectivity index (χ1n) is 45.0. The van der Waals surface area contributed by atoms with Gasteiger partial charge >= 0.3 is 11.9 Å². The molecule has 0 amide bonds. The van der Waals surface area contributed by atoms with Gasteiger partial charge in [-0.05, 0) is 328 Å². The number of hydrogen-bond donors (Lipinski definition) is 2. The van der Waals surface area contributed by atoms with E-state index in [0.29, 0.717) is 59.2 Å². The third kappa shape index (κ3) is 23.8. The van der Waals surface area contributed by atoms with Crippen LogP contribution in [0.2, 0.25) is 0 Å². The molecule has 17 unspecified atom stereocenters. The van der Waals surface area contributed by atoms with Crippen molar-refractivity contribution in [2.45, 2.75) is 345 Å². The van der Waals surface area contributed by atoms with Crippen molar-refractivity contribution in [1.29, 1.82) is 0 Å². The predicted octanol–water partition coefficient (Wildman–Crippen LogP) is 27.7. The number of fused-ring (bicyclic) bond motifs is 11. The van der Waals surface area contributed by atoms with E-state index in [4.69, 9.17) is 38.6 Å². The number of phenolic OH excluding ortho intramolecular Hbond substituents is 2. The van der Waals surface area contributed by atoms with Crippen molar-refractivity contribution in [3.05, 3.63) is 191 Å². The smallest absolute Gasteiger partial charge is 0.312 e. The van der Waals surface area contributed by atoms with Gasteiger partial charge in [-0.1, -0.05) is 219 Å². The van der Waals surface area contributed by atoms with Gasteiger partial charge in [0.1, 0.15) is 34.2 Å². The van der Waals surface area contributed by atoms with Crippen molar-refractivity contribution in [3.63, 3.8) is 0 Å². The molecule has 4 bridgehead atoms. The second-order valence-corrected chi connectivity index (χ2v) is 37.6. The minimum Gasteiger partial charge on any atom is -0.508 e. The Hall–Kier alpha value is -6.62. The van der Waals surface area contributed by atoms with Gasteiger partial charge in [0, 0.05) is 11.8 Å². The van der Waals surface area contributed by atoms with Crippen molar-refractivity contribution in [1.82, 2.24) is 0 Å². The van der Waals surface area contributed by atoms with Crippen LogP contribution >= 0.6 is 0 Å². The number of rotatable bonds is 25. The normalized spacial score (nSPS) is 25.7. The Bertz CT molecular complexity index is 3620. The molecule has 0 spiro atoms. The van der Waals surface area contributed by atoms with Crippen LogP contribution in [-0.2, 0) is 46.2 Å². The van der Waals surface area contributed by atoms with Crippen molar-refractivity contribution < 1.29 is 48.2 Å².